The second kappa shape index (κ2) is 6.18. The summed E-state index contributed by atoms with van der Waals surface area (Å²) in [4.78, 5) is 13.9. The van der Waals surface area contributed by atoms with Crippen LogP contribution in [0.4, 0.5) is 10.1 Å². The van der Waals surface area contributed by atoms with Crippen molar-refractivity contribution in [2.45, 2.75) is 13.5 Å². The second-order valence-electron chi connectivity index (χ2n) is 4.65. The summed E-state index contributed by atoms with van der Waals surface area (Å²) in [6.45, 7) is 2.95. The minimum Gasteiger partial charge on any atom is -0.373 e. The van der Waals surface area contributed by atoms with Crippen LogP contribution in [-0.4, -0.2) is 23.4 Å². The number of hydrogen-bond donors (Lipinski definition) is 0. The zero-order valence-corrected chi connectivity index (χ0v) is 11.9. The molecule has 1 heterocycles. The molecular formula is C15H15FN4O. The maximum atomic E-state index is 13.3. The molecule has 0 fully saturated rings. The highest BCUT2D eigenvalue weighted by Gasteiger charge is 2.06. The van der Waals surface area contributed by atoms with E-state index >= 15 is 0 Å². The lowest BCUT2D eigenvalue weighted by Crippen LogP contribution is -2.26. The summed E-state index contributed by atoms with van der Waals surface area (Å²) in [5.74, 6) is -0.568. The zero-order valence-electron chi connectivity index (χ0n) is 11.9. The van der Waals surface area contributed by atoms with Crippen molar-refractivity contribution < 1.29 is 4.39 Å². The number of halogens is 1. The first-order chi connectivity index (χ1) is 10.0. The molecule has 0 aliphatic heterocycles. The molecule has 1 aromatic carbocycles. The van der Waals surface area contributed by atoms with Gasteiger partial charge in [-0.15, -0.1) is 0 Å². The smallest absolute Gasteiger partial charge is 0.269 e. The fraction of sp³-hybridized carbons (Fsp3) is 0.267. The molecular weight excluding hydrogens is 271 g/mol. The monoisotopic (exact) mass is 286 g/mol. The molecule has 0 atom stereocenters. The number of hydrogen-bond acceptors (Lipinski definition) is 4. The Balaban J connectivity index is 2.28. The second-order valence-corrected chi connectivity index (χ2v) is 4.65. The number of benzene rings is 1. The Bertz CT molecular complexity index is 748. The molecule has 0 saturated carbocycles. The van der Waals surface area contributed by atoms with Crippen LogP contribution >= 0.6 is 0 Å². The Morgan fingerprint density at radius 1 is 1.43 bits per heavy atom. The van der Waals surface area contributed by atoms with E-state index in [0.29, 0.717) is 5.56 Å². The molecule has 0 radical (unpaired) electrons. The topological polar surface area (TPSA) is 61.9 Å². The third kappa shape index (κ3) is 3.26. The number of anilines is 1. The zero-order chi connectivity index (χ0) is 15.4. The Morgan fingerprint density at radius 2 is 2.19 bits per heavy atom. The minimum atomic E-state index is -0.568. The lowest BCUT2D eigenvalue weighted by Gasteiger charge is -2.16. The van der Waals surface area contributed by atoms with Crippen LogP contribution in [0.15, 0.2) is 35.3 Å². The summed E-state index contributed by atoms with van der Waals surface area (Å²) < 4.78 is 14.5. The minimum absolute atomic E-state index is 0.0390. The van der Waals surface area contributed by atoms with E-state index in [0.717, 1.165) is 12.2 Å². The predicted octanol–water partition coefficient (Wildman–Crippen LogP) is 1.76. The summed E-state index contributed by atoms with van der Waals surface area (Å²) in [6, 6.07) is 7.47. The molecule has 0 bridgehead atoms. The molecule has 2 aromatic rings. The van der Waals surface area contributed by atoms with Crippen LogP contribution in [0, 0.1) is 17.1 Å². The molecule has 6 heteroatoms. The fourth-order valence-corrected chi connectivity index (χ4v) is 1.86. The third-order valence-corrected chi connectivity index (χ3v) is 3.25. The molecule has 0 spiro atoms. The molecule has 0 saturated heterocycles. The van der Waals surface area contributed by atoms with Gasteiger partial charge in [0.05, 0.1) is 24.0 Å². The summed E-state index contributed by atoms with van der Waals surface area (Å²) in [7, 11) is 1.87. The van der Waals surface area contributed by atoms with E-state index in [1.54, 1.807) is 12.3 Å². The highest BCUT2D eigenvalue weighted by Crippen LogP contribution is 2.11. The lowest BCUT2D eigenvalue weighted by molar-refractivity contribution is 0.615. The van der Waals surface area contributed by atoms with E-state index in [1.165, 1.54) is 28.9 Å². The van der Waals surface area contributed by atoms with Crippen molar-refractivity contribution in [3.63, 3.8) is 0 Å². The highest BCUT2D eigenvalue weighted by atomic mass is 19.1. The van der Waals surface area contributed by atoms with Gasteiger partial charge in [-0.25, -0.2) is 9.07 Å². The van der Waals surface area contributed by atoms with E-state index in [-0.39, 0.29) is 17.7 Å². The van der Waals surface area contributed by atoms with Gasteiger partial charge in [-0.3, -0.25) is 4.79 Å². The lowest BCUT2D eigenvalue weighted by atomic mass is 10.1. The van der Waals surface area contributed by atoms with Crippen LogP contribution in [0.5, 0.6) is 0 Å². The van der Waals surface area contributed by atoms with Gasteiger partial charge < -0.3 is 4.90 Å². The van der Waals surface area contributed by atoms with Crippen molar-refractivity contribution in [1.29, 1.82) is 5.26 Å². The first kappa shape index (κ1) is 14.7. The van der Waals surface area contributed by atoms with Gasteiger partial charge in [0.15, 0.2) is 0 Å². The normalized spacial score (nSPS) is 10.2. The summed E-state index contributed by atoms with van der Waals surface area (Å²) in [5, 5.41) is 12.9. The van der Waals surface area contributed by atoms with Gasteiger partial charge in [0.25, 0.3) is 5.56 Å². The third-order valence-electron chi connectivity index (χ3n) is 3.25. The first-order valence-electron chi connectivity index (χ1n) is 6.52. The van der Waals surface area contributed by atoms with E-state index in [9.17, 15) is 9.18 Å². The number of nitrogens with zero attached hydrogens (tertiary/aromatic N) is 4. The van der Waals surface area contributed by atoms with Gasteiger partial charge in [0.2, 0.25) is 0 Å². The molecule has 0 aliphatic rings. The van der Waals surface area contributed by atoms with Crippen LogP contribution in [0.25, 0.3) is 0 Å². The van der Waals surface area contributed by atoms with Crippen LogP contribution in [0.2, 0.25) is 0 Å². The van der Waals surface area contributed by atoms with E-state index in [4.69, 9.17) is 5.26 Å². The molecule has 5 nitrogen and oxygen atoms in total. The Morgan fingerprint density at radius 3 is 2.81 bits per heavy atom. The van der Waals surface area contributed by atoms with Crippen LogP contribution in [0.1, 0.15) is 18.1 Å². The van der Waals surface area contributed by atoms with Gasteiger partial charge in [-0.1, -0.05) is 6.07 Å². The maximum Gasteiger partial charge on any atom is 0.269 e. The van der Waals surface area contributed by atoms with E-state index < -0.39 is 5.82 Å². The van der Waals surface area contributed by atoms with Crippen LogP contribution < -0.4 is 10.5 Å². The molecule has 0 N–H and O–H groups in total. The molecule has 0 amide bonds. The van der Waals surface area contributed by atoms with Gasteiger partial charge in [-0.2, -0.15) is 10.4 Å². The molecule has 108 valence electrons. The standard InChI is InChI=1S/C15H15FN4O/c1-3-19(2)13-7-15(21)20(18-9-13)10-11-4-5-14(16)12(6-11)8-17/h4-7,9H,3,10H2,1-2H3. The van der Waals surface area contributed by atoms with Crippen molar-refractivity contribution in [2.75, 3.05) is 18.5 Å². The fourth-order valence-electron chi connectivity index (χ4n) is 1.86. The number of nitriles is 1. The highest BCUT2D eigenvalue weighted by molar-refractivity contribution is 5.41. The van der Waals surface area contributed by atoms with E-state index in [2.05, 4.69) is 5.10 Å². The van der Waals surface area contributed by atoms with Crippen molar-refractivity contribution >= 4 is 5.69 Å². The van der Waals surface area contributed by atoms with E-state index in [1.807, 2.05) is 18.9 Å². The van der Waals surface area contributed by atoms with Crippen molar-refractivity contribution in [3.8, 4) is 6.07 Å². The summed E-state index contributed by atoms with van der Waals surface area (Å²) in [5.41, 5.74) is 1.12. The van der Waals surface area contributed by atoms with Gasteiger partial charge >= 0.3 is 0 Å². The maximum absolute atomic E-state index is 13.3. The molecule has 0 unspecified atom stereocenters. The quantitative estimate of drug-likeness (QED) is 0.859. The SMILES string of the molecule is CCN(C)c1cnn(Cc2ccc(F)c(C#N)c2)c(=O)c1. The average molecular weight is 286 g/mol. The molecule has 21 heavy (non-hydrogen) atoms. The molecule has 1 aromatic heterocycles. The first-order valence-corrected chi connectivity index (χ1v) is 6.52. The molecule has 0 aliphatic carbocycles. The van der Waals surface area contributed by atoms with Crippen molar-refractivity contribution in [1.82, 2.24) is 9.78 Å². The Labute approximate surface area is 121 Å². The largest absolute Gasteiger partial charge is 0.373 e. The van der Waals surface area contributed by atoms with Gasteiger partial charge in [0.1, 0.15) is 11.9 Å². The summed E-state index contributed by atoms with van der Waals surface area (Å²) in [6.07, 6.45) is 1.61. The summed E-state index contributed by atoms with van der Waals surface area (Å²) >= 11 is 0. The van der Waals surface area contributed by atoms with Crippen molar-refractivity contribution in [2.24, 2.45) is 0 Å². The Kier molecular flexibility index (Phi) is 4.33. The van der Waals surface area contributed by atoms with Gasteiger partial charge in [-0.05, 0) is 24.6 Å². The number of aromatic nitrogens is 2. The number of rotatable bonds is 4. The average Bonchev–Trinajstić information content (AvgIpc) is 2.50. The van der Waals surface area contributed by atoms with Crippen LogP contribution in [0.3, 0.4) is 0 Å². The van der Waals surface area contributed by atoms with Crippen LogP contribution in [-0.2, 0) is 6.54 Å². The predicted molar refractivity (Wildman–Crippen MR) is 77.7 cm³/mol. The van der Waals surface area contributed by atoms with Crippen molar-refractivity contribution in [3.05, 3.63) is 57.8 Å². The van der Waals surface area contributed by atoms with Gasteiger partial charge in [0, 0.05) is 19.7 Å². The molecule has 2 rings (SSSR count). The Hall–Kier alpha value is -2.68.